The largest absolute Gasteiger partial charge is 0.508 e. The first kappa shape index (κ1) is 14.0. The maximum atomic E-state index is 9.91. The molecule has 0 amide bonds. The molecular formula is C15H20N2OS. The third-order valence-corrected chi connectivity index (χ3v) is 4.27. The van der Waals surface area contributed by atoms with E-state index in [1.807, 2.05) is 29.8 Å². The Morgan fingerprint density at radius 3 is 2.79 bits per heavy atom. The molecule has 0 bridgehead atoms. The van der Waals surface area contributed by atoms with E-state index >= 15 is 0 Å². The number of nitrogens with one attached hydrogen (secondary N) is 1. The summed E-state index contributed by atoms with van der Waals surface area (Å²) in [5.41, 5.74) is 0.969. The van der Waals surface area contributed by atoms with Gasteiger partial charge in [-0.25, -0.2) is 4.98 Å². The summed E-state index contributed by atoms with van der Waals surface area (Å²) in [5, 5.41) is 16.6. The molecule has 19 heavy (non-hydrogen) atoms. The molecule has 2 atom stereocenters. The van der Waals surface area contributed by atoms with Gasteiger partial charge in [0.05, 0.1) is 5.01 Å². The number of nitrogens with zero attached hydrogens (tertiary/aromatic N) is 1. The van der Waals surface area contributed by atoms with Gasteiger partial charge in [-0.2, -0.15) is 0 Å². The van der Waals surface area contributed by atoms with Crippen LogP contribution in [0.3, 0.4) is 0 Å². The van der Waals surface area contributed by atoms with Gasteiger partial charge in [0.2, 0.25) is 0 Å². The van der Waals surface area contributed by atoms with Crippen LogP contribution >= 0.6 is 11.3 Å². The fourth-order valence-corrected chi connectivity index (χ4v) is 2.84. The summed E-state index contributed by atoms with van der Waals surface area (Å²) in [6.45, 7) is 5.15. The van der Waals surface area contributed by atoms with Crippen molar-refractivity contribution < 1.29 is 5.11 Å². The van der Waals surface area contributed by atoms with Crippen molar-refractivity contribution in [2.45, 2.75) is 32.2 Å². The van der Waals surface area contributed by atoms with Crippen LogP contribution in [0.15, 0.2) is 35.8 Å². The summed E-state index contributed by atoms with van der Waals surface area (Å²) in [7, 11) is 0. The minimum Gasteiger partial charge on any atom is -0.508 e. The summed E-state index contributed by atoms with van der Waals surface area (Å²) in [6, 6.07) is 7.71. The van der Waals surface area contributed by atoms with E-state index < -0.39 is 0 Å². The lowest BCUT2D eigenvalue weighted by molar-refractivity contribution is 0.436. The second kappa shape index (κ2) is 6.68. The molecule has 4 heteroatoms. The van der Waals surface area contributed by atoms with Gasteiger partial charge in [0.1, 0.15) is 5.75 Å². The van der Waals surface area contributed by atoms with Crippen LogP contribution in [-0.2, 0) is 0 Å². The van der Waals surface area contributed by atoms with Gasteiger partial charge in [-0.15, -0.1) is 11.3 Å². The lowest BCUT2D eigenvalue weighted by Gasteiger charge is -2.20. The first-order valence-electron chi connectivity index (χ1n) is 6.63. The number of aromatic hydroxyl groups is 1. The Hall–Kier alpha value is -1.39. The number of hydrogen-bond donors (Lipinski definition) is 2. The fraction of sp³-hybridized carbons (Fsp3) is 0.400. The van der Waals surface area contributed by atoms with Gasteiger partial charge in [0.15, 0.2) is 0 Å². The molecule has 0 aliphatic heterocycles. The summed E-state index contributed by atoms with van der Waals surface area (Å²) < 4.78 is 0. The minimum atomic E-state index is 0.184. The highest BCUT2D eigenvalue weighted by molar-refractivity contribution is 7.09. The molecule has 0 spiro atoms. The predicted molar refractivity (Wildman–Crippen MR) is 79.7 cm³/mol. The highest BCUT2D eigenvalue weighted by atomic mass is 32.1. The van der Waals surface area contributed by atoms with E-state index in [0.717, 1.165) is 23.5 Å². The lowest BCUT2D eigenvalue weighted by atomic mass is 10.0. The third kappa shape index (κ3) is 3.55. The van der Waals surface area contributed by atoms with Gasteiger partial charge in [0.25, 0.3) is 0 Å². The van der Waals surface area contributed by atoms with Crippen LogP contribution < -0.4 is 5.32 Å². The molecule has 3 nitrogen and oxygen atoms in total. The Bertz CT molecular complexity index is 499. The number of phenolic OH excluding ortho intramolecular Hbond substituents is 1. The maximum absolute atomic E-state index is 9.91. The van der Waals surface area contributed by atoms with Crippen LogP contribution in [-0.4, -0.2) is 16.6 Å². The van der Waals surface area contributed by atoms with Gasteiger partial charge in [0, 0.05) is 35.6 Å². The van der Waals surface area contributed by atoms with E-state index in [1.165, 1.54) is 0 Å². The molecule has 2 aromatic rings. The molecule has 1 heterocycles. The number of hydrogen-bond acceptors (Lipinski definition) is 4. The summed E-state index contributed by atoms with van der Waals surface area (Å²) in [5.74, 6) is 0.753. The number of para-hydroxylation sites is 1. The molecule has 102 valence electrons. The highest BCUT2D eigenvalue weighted by Crippen LogP contribution is 2.26. The standard InChI is InChI=1S/C15H20N2OS/c1-3-13(12-6-4-5-7-14(12)18)17-10-11(2)15-16-8-9-19-15/h4-9,11,13,17-18H,3,10H2,1-2H3. The highest BCUT2D eigenvalue weighted by Gasteiger charge is 2.15. The second-order valence-corrected chi connectivity index (χ2v) is 5.63. The molecule has 1 aromatic carbocycles. The Kier molecular flexibility index (Phi) is 4.93. The van der Waals surface area contributed by atoms with Crippen LogP contribution in [0.2, 0.25) is 0 Å². The zero-order chi connectivity index (χ0) is 13.7. The zero-order valence-corrected chi connectivity index (χ0v) is 12.2. The number of phenols is 1. The average molecular weight is 276 g/mol. The van der Waals surface area contributed by atoms with E-state index in [1.54, 1.807) is 17.4 Å². The van der Waals surface area contributed by atoms with Crippen molar-refractivity contribution in [1.82, 2.24) is 10.3 Å². The quantitative estimate of drug-likeness (QED) is 0.845. The van der Waals surface area contributed by atoms with Crippen molar-refractivity contribution in [3.63, 3.8) is 0 Å². The Morgan fingerprint density at radius 1 is 1.37 bits per heavy atom. The van der Waals surface area contributed by atoms with Gasteiger partial charge in [-0.05, 0) is 12.5 Å². The molecule has 0 aliphatic carbocycles. The summed E-state index contributed by atoms with van der Waals surface area (Å²) in [6.07, 6.45) is 2.79. The van der Waals surface area contributed by atoms with Crippen LogP contribution in [0.1, 0.15) is 42.8 Å². The van der Waals surface area contributed by atoms with E-state index in [0.29, 0.717) is 11.7 Å². The Morgan fingerprint density at radius 2 is 2.16 bits per heavy atom. The first-order chi connectivity index (χ1) is 9.22. The minimum absolute atomic E-state index is 0.184. The van der Waals surface area contributed by atoms with Gasteiger partial charge in [-0.3, -0.25) is 0 Å². The molecule has 1 aromatic heterocycles. The van der Waals surface area contributed by atoms with Crippen molar-refractivity contribution in [3.8, 4) is 5.75 Å². The van der Waals surface area contributed by atoms with Crippen LogP contribution in [0, 0.1) is 0 Å². The number of rotatable bonds is 6. The molecule has 0 radical (unpaired) electrons. The maximum Gasteiger partial charge on any atom is 0.120 e. The van der Waals surface area contributed by atoms with Crippen molar-refractivity contribution in [1.29, 1.82) is 0 Å². The van der Waals surface area contributed by atoms with Gasteiger partial charge < -0.3 is 10.4 Å². The zero-order valence-electron chi connectivity index (χ0n) is 11.3. The first-order valence-corrected chi connectivity index (χ1v) is 7.51. The topological polar surface area (TPSA) is 45.2 Å². The smallest absolute Gasteiger partial charge is 0.120 e. The van der Waals surface area contributed by atoms with E-state index in [4.69, 9.17) is 0 Å². The molecule has 0 saturated carbocycles. The van der Waals surface area contributed by atoms with Crippen LogP contribution in [0.5, 0.6) is 5.75 Å². The third-order valence-electron chi connectivity index (χ3n) is 3.26. The normalized spacial score (nSPS) is 14.2. The van der Waals surface area contributed by atoms with Crippen molar-refractivity contribution >= 4 is 11.3 Å². The summed E-state index contributed by atoms with van der Waals surface area (Å²) in [4.78, 5) is 4.34. The Labute approximate surface area is 118 Å². The van der Waals surface area contributed by atoms with Crippen molar-refractivity contribution in [2.75, 3.05) is 6.54 Å². The van der Waals surface area contributed by atoms with Crippen LogP contribution in [0.25, 0.3) is 0 Å². The number of aromatic nitrogens is 1. The van der Waals surface area contributed by atoms with E-state index in [2.05, 4.69) is 24.1 Å². The molecule has 0 fully saturated rings. The fourth-order valence-electron chi connectivity index (χ4n) is 2.14. The van der Waals surface area contributed by atoms with Gasteiger partial charge >= 0.3 is 0 Å². The number of thiazole rings is 1. The molecule has 2 N–H and O–H groups in total. The molecule has 0 saturated heterocycles. The second-order valence-electron chi connectivity index (χ2n) is 4.70. The van der Waals surface area contributed by atoms with E-state index in [9.17, 15) is 5.11 Å². The monoisotopic (exact) mass is 276 g/mol. The van der Waals surface area contributed by atoms with Crippen molar-refractivity contribution in [3.05, 3.63) is 46.4 Å². The molecule has 2 rings (SSSR count). The van der Waals surface area contributed by atoms with Crippen LogP contribution in [0.4, 0.5) is 0 Å². The predicted octanol–water partition coefficient (Wildman–Crippen LogP) is 3.69. The molecule has 0 aliphatic rings. The Balaban J connectivity index is 1.99. The van der Waals surface area contributed by atoms with Gasteiger partial charge in [-0.1, -0.05) is 32.0 Å². The lowest BCUT2D eigenvalue weighted by Crippen LogP contribution is -2.25. The van der Waals surface area contributed by atoms with E-state index in [-0.39, 0.29) is 6.04 Å². The molecular weight excluding hydrogens is 256 g/mol. The van der Waals surface area contributed by atoms with Crippen molar-refractivity contribution in [2.24, 2.45) is 0 Å². The molecule has 2 unspecified atom stereocenters. The average Bonchev–Trinajstić information content (AvgIpc) is 2.95. The summed E-state index contributed by atoms with van der Waals surface area (Å²) >= 11 is 1.69. The number of benzene rings is 1. The SMILES string of the molecule is CCC(NCC(C)c1nccs1)c1ccccc1O.